The standard InChI is InChI=1S/C16H27NO2/c1-12(2)19-14-9-7-13(8-10-14)15(17-5)11-16(3,4)18-6/h7-10,12,15,17H,11H2,1-6H3. The lowest BCUT2D eigenvalue weighted by atomic mass is 9.93. The predicted molar refractivity (Wildman–Crippen MR) is 79.7 cm³/mol. The Balaban J connectivity index is 2.76. The summed E-state index contributed by atoms with van der Waals surface area (Å²) in [6, 6.07) is 8.57. The first kappa shape index (κ1) is 16.0. The first-order valence-electron chi connectivity index (χ1n) is 6.87. The van der Waals surface area contributed by atoms with Gasteiger partial charge in [0.15, 0.2) is 0 Å². The quantitative estimate of drug-likeness (QED) is 0.818. The van der Waals surface area contributed by atoms with Crippen molar-refractivity contribution in [1.29, 1.82) is 0 Å². The van der Waals surface area contributed by atoms with Gasteiger partial charge in [-0.1, -0.05) is 12.1 Å². The number of hydrogen-bond acceptors (Lipinski definition) is 3. The average Bonchev–Trinajstić information content (AvgIpc) is 2.36. The van der Waals surface area contributed by atoms with E-state index in [4.69, 9.17) is 9.47 Å². The molecule has 3 heteroatoms. The van der Waals surface area contributed by atoms with E-state index in [0.29, 0.717) is 0 Å². The summed E-state index contributed by atoms with van der Waals surface area (Å²) in [5.41, 5.74) is 1.12. The third kappa shape index (κ3) is 5.21. The first-order valence-corrected chi connectivity index (χ1v) is 6.87. The molecule has 0 aliphatic heterocycles. The van der Waals surface area contributed by atoms with Gasteiger partial charge in [0.2, 0.25) is 0 Å². The highest BCUT2D eigenvalue weighted by atomic mass is 16.5. The molecule has 1 aromatic rings. The van der Waals surface area contributed by atoms with E-state index in [0.717, 1.165) is 12.2 Å². The first-order chi connectivity index (χ1) is 8.88. The summed E-state index contributed by atoms with van der Waals surface area (Å²) < 4.78 is 11.2. The third-order valence-corrected chi connectivity index (χ3v) is 3.25. The van der Waals surface area contributed by atoms with Crippen molar-refractivity contribution >= 4 is 0 Å². The van der Waals surface area contributed by atoms with E-state index < -0.39 is 0 Å². The van der Waals surface area contributed by atoms with Crippen molar-refractivity contribution in [3.8, 4) is 5.75 Å². The summed E-state index contributed by atoms with van der Waals surface area (Å²) >= 11 is 0. The molecule has 0 bridgehead atoms. The summed E-state index contributed by atoms with van der Waals surface area (Å²) in [6.07, 6.45) is 1.13. The van der Waals surface area contributed by atoms with Crippen LogP contribution >= 0.6 is 0 Å². The van der Waals surface area contributed by atoms with E-state index >= 15 is 0 Å². The lowest BCUT2D eigenvalue weighted by Gasteiger charge is -2.28. The minimum absolute atomic E-state index is 0.138. The highest BCUT2D eigenvalue weighted by Crippen LogP contribution is 2.27. The summed E-state index contributed by atoms with van der Waals surface area (Å²) in [4.78, 5) is 0. The number of nitrogens with one attached hydrogen (secondary N) is 1. The van der Waals surface area contributed by atoms with Crippen molar-refractivity contribution in [3.63, 3.8) is 0 Å². The number of benzene rings is 1. The highest BCUT2D eigenvalue weighted by Gasteiger charge is 2.22. The SMILES string of the molecule is CNC(CC(C)(C)OC)c1ccc(OC(C)C)cc1. The van der Waals surface area contributed by atoms with E-state index in [-0.39, 0.29) is 17.7 Å². The Morgan fingerprint density at radius 1 is 1.16 bits per heavy atom. The fourth-order valence-electron chi connectivity index (χ4n) is 2.01. The Labute approximate surface area is 117 Å². The van der Waals surface area contributed by atoms with Gasteiger partial charge in [-0.05, 0) is 58.9 Å². The Kier molecular flexibility index (Phi) is 5.83. The van der Waals surface area contributed by atoms with E-state index in [2.05, 4.69) is 31.3 Å². The van der Waals surface area contributed by atoms with Crippen LogP contribution in [0.25, 0.3) is 0 Å². The molecular weight excluding hydrogens is 238 g/mol. The maximum atomic E-state index is 5.66. The molecule has 0 amide bonds. The van der Waals surface area contributed by atoms with Crippen molar-refractivity contribution in [2.75, 3.05) is 14.2 Å². The van der Waals surface area contributed by atoms with Crippen LogP contribution < -0.4 is 10.1 Å². The number of methoxy groups -OCH3 is 1. The zero-order chi connectivity index (χ0) is 14.5. The molecule has 1 rings (SSSR count). The van der Waals surface area contributed by atoms with Gasteiger partial charge in [0.1, 0.15) is 5.75 Å². The van der Waals surface area contributed by atoms with Crippen molar-refractivity contribution < 1.29 is 9.47 Å². The van der Waals surface area contributed by atoms with Crippen LogP contribution in [0.1, 0.15) is 45.7 Å². The van der Waals surface area contributed by atoms with E-state index in [1.54, 1.807) is 7.11 Å². The van der Waals surface area contributed by atoms with Crippen LogP contribution in [-0.2, 0) is 4.74 Å². The topological polar surface area (TPSA) is 30.5 Å². The Hall–Kier alpha value is -1.06. The van der Waals surface area contributed by atoms with Gasteiger partial charge in [-0.25, -0.2) is 0 Å². The monoisotopic (exact) mass is 265 g/mol. The van der Waals surface area contributed by atoms with Crippen LogP contribution in [0.15, 0.2) is 24.3 Å². The van der Waals surface area contributed by atoms with Gasteiger partial charge in [0.05, 0.1) is 11.7 Å². The smallest absolute Gasteiger partial charge is 0.119 e. The Morgan fingerprint density at radius 2 is 1.74 bits per heavy atom. The van der Waals surface area contributed by atoms with Crippen LogP contribution in [0.5, 0.6) is 5.75 Å². The average molecular weight is 265 g/mol. The second-order valence-electron chi connectivity index (χ2n) is 5.74. The van der Waals surface area contributed by atoms with Crippen molar-refractivity contribution in [3.05, 3.63) is 29.8 Å². The lowest BCUT2D eigenvalue weighted by Crippen LogP contribution is -2.30. The molecule has 0 fully saturated rings. The van der Waals surface area contributed by atoms with Crippen LogP contribution in [-0.4, -0.2) is 25.9 Å². The summed E-state index contributed by atoms with van der Waals surface area (Å²) in [6.45, 7) is 8.28. The molecule has 1 aromatic carbocycles. The minimum atomic E-state index is -0.138. The van der Waals surface area contributed by atoms with Gasteiger partial charge in [-0.2, -0.15) is 0 Å². The van der Waals surface area contributed by atoms with E-state index in [1.807, 2.05) is 33.0 Å². The number of ether oxygens (including phenoxy) is 2. The molecule has 0 saturated heterocycles. The maximum Gasteiger partial charge on any atom is 0.119 e. The Morgan fingerprint density at radius 3 is 2.16 bits per heavy atom. The number of rotatable bonds is 7. The van der Waals surface area contributed by atoms with Gasteiger partial charge < -0.3 is 14.8 Å². The van der Waals surface area contributed by atoms with Gasteiger partial charge in [0.25, 0.3) is 0 Å². The molecule has 0 saturated carbocycles. The fourth-order valence-corrected chi connectivity index (χ4v) is 2.01. The fraction of sp³-hybridized carbons (Fsp3) is 0.625. The summed E-state index contributed by atoms with van der Waals surface area (Å²) in [7, 11) is 3.74. The molecule has 1 atom stereocenters. The molecule has 0 spiro atoms. The molecule has 3 nitrogen and oxygen atoms in total. The predicted octanol–water partition coefficient (Wildman–Crippen LogP) is 3.55. The maximum absolute atomic E-state index is 5.66. The highest BCUT2D eigenvalue weighted by molar-refractivity contribution is 5.29. The molecule has 0 aliphatic rings. The summed E-state index contributed by atoms with van der Waals surface area (Å²) in [5, 5.41) is 3.35. The van der Waals surface area contributed by atoms with Crippen LogP contribution in [0, 0.1) is 0 Å². The second-order valence-corrected chi connectivity index (χ2v) is 5.74. The summed E-state index contributed by atoms with van der Waals surface area (Å²) in [5.74, 6) is 0.916. The molecule has 1 unspecified atom stereocenters. The van der Waals surface area contributed by atoms with Gasteiger partial charge in [-0.15, -0.1) is 0 Å². The molecular formula is C16H27NO2. The van der Waals surface area contributed by atoms with Gasteiger partial charge in [0, 0.05) is 13.2 Å². The number of hydrogen-bond donors (Lipinski definition) is 1. The normalized spacial score (nSPS) is 13.6. The van der Waals surface area contributed by atoms with Crippen molar-refractivity contribution in [2.24, 2.45) is 0 Å². The van der Waals surface area contributed by atoms with Crippen molar-refractivity contribution in [2.45, 2.75) is 51.9 Å². The zero-order valence-electron chi connectivity index (χ0n) is 13.0. The van der Waals surface area contributed by atoms with Gasteiger partial charge in [-0.3, -0.25) is 0 Å². The lowest BCUT2D eigenvalue weighted by molar-refractivity contribution is 0.00744. The molecule has 19 heavy (non-hydrogen) atoms. The van der Waals surface area contributed by atoms with E-state index in [1.165, 1.54) is 5.56 Å². The Bertz CT molecular complexity index is 371. The van der Waals surface area contributed by atoms with E-state index in [9.17, 15) is 0 Å². The van der Waals surface area contributed by atoms with Crippen LogP contribution in [0.3, 0.4) is 0 Å². The molecule has 1 N–H and O–H groups in total. The van der Waals surface area contributed by atoms with Crippen LogP contribution in [0.2, 0.25) is 0 Å². The molecule has 0 radical (unpaired) electrons. The molecule has 0 aromatic heterocycles. The van der Waals surface area contributed by atoms with Crippen LogP contribution in [0.4, 0.5) is 0 Å². The largest absolute Gasteiger partial charge is 0.491 e. The molecule has 0 aliphatic carbocycles. The molecule has 108 valence electrons. The minimum Gasteiger partial charge on any atom is -0.491 e. The zero-order valence-corrected chi connectivity index (χ0v) is 13.0. The molecule has 0 heterocycles. The van der Waals surface area contributed by atoms with Crippen molar-refractivity contribution in [1.82, 2.24) is 5.32 Å². The third-order valence-electron chi connectivity index (χ3n) is 3.25. The second kappa shape index (κ2) is 6.92. The van der Waals surface area contributed by atoms with Gasteiger partial charge >= 0.3 is 0 Å².